The number of ketones is 1. The summed E-state index contributed by atoms with van der Waals surface area (Å²) in [6, 6.07) is 0. The third-order valence-corrected chi connectivity index (χ3v) is 10.2. The SMILES string of the molecule is C[C@@]1(O)CC[C@H]2[C@@H](CC[C@@H]3[C@@H]2CC[C@]2(C)[C@@H](C(=O)Cc4nccs4)CC[C@@H]32)C1. The number of nitrogens with zero attached hydrogens (tertiary/aromatic N) is 1. The maximum Gasteiger partial charge on any atom is 0.143 e. The lowest BCUT2D eigenvalue weighted by Crippen LogP contribution is -2.51. The van der Waals surface area contributed by atoms with Gasteiger partial charge in [0.05, 0.1) is 17.0 Å². The molecule has 0 aromatic carbocycles. The lowest BCUT2D eigenvalue weighted by Gasteiger charge is -2.56. The monoisotopic (exact) mass is 401 g/mol. The lowest BCUT2D eigenvalue weighted by molar-refractivity contribution is -0.131. The summed E-state index contributed by atoms with van der Waals surface area (Å²) in [6.45, 7) is 4.49. The molecule has 4 aliphatic carbocycles. The molecule has 1 heterocycles. The van der Waals surface area contributed by atoms with E-state index in [4.69, 9.17) is 0 Å². The summed E-state index contributed by atoms with van der Waals surface area (Å²) < 4.78 is 0. The van der Waals surface area contributed by atoms with Crippen LogP contribution in [0.25, 0.3) is 0 Å². The summed E-state index contributed by atoms with van der Waals surface area (Å²) >= 11 is 1.62. The van der Waals surface area contributed by atoms with Crippen LogP contribution in [0.3, 0.4) is 0 Å². The van der Waals surface area contributed by atoms with Gasteiger partial charge >= 0.3 is 0 Å². The first-order chi connectivity index (χ1) is 13.4. The molecule has 1 aromatic rings. The van der Waals surface area contributed by atoms with Crippen molar-refractivity contribution in [2.24, 2.45) is 40.9 Å². The molecule has 4 saturated carbocycles. The van der Waals surface area contributed by atoms with Gasteiger partial charge in [-0.3, -0.25) is 4.79 Å². The molecule has 3 nitrogen and oxygen atoms in total. The van der Waals surface area contributed by atoms with Gasteiger partial charge in [0, 0.05) is 17.5 Å². The summed E-state index contributed by atoms with van der Waals surface area (Å²) in [5.74, 6) is 4.65. The lowest BCUT2D eigenvalue weighted by atomic mass is 9.49. The van der Waals surface area contributed by atoms with Crippen molar-refractivity contribution in [3.05, 3.63) is 16.6 Å². The van der Waals surface area contributed by atoms with Gasteiger partial charge in [0.25, 0.3) is 0 Å². The van der Waals surface area contributed by atoms with E-state index < -0.39 is 5.60 Å². The van der Waals surface area contributed by atoms with Crippen molar-refractivity contribution >= 4 is 17.1 Å². The zero-order valence-electron chi connectivity index (χ0n) is 17.4. The minimum absolute atomic E-state index is 0.211. The van der Waals surface area contributed by atoms with Crippen LogP contribution in [-0.4, -0.2) is 21.5 Å². The second-order valence-electron chi connectivity index (χ2n) is 10.9. The summed E-state index contributed by atoms with van der Waals surface area (Å²) in [7, 11) is 0. The molecule has 0 bridgehead atoms. The number of Topliss-reactive ketones (excluding diaryl/α,β-unsaturated/α-hetero) is 1. The number of aliphatic hydroxyl groups is 1. The van der Waals surface area contributed by atoms with Crippen LogP contribution in [0.2, 0.25) is 0 Å². The Morgan fingerprint density at radius 2 is 1.93 bits per heavy atom. The molecule has 0 radical (unpaired) electrons. The summed E-state index contributed by atoms with van der Waals surface area (Å²) in [5.41, 5.74) is -0.222. The van der Waals surface area contributed by atoms with E-state index >= 15 is 0 Å². The predicted molar refractivity (Wildman–Crippen MR) is 112 cm³/mol. The molecule has 0 amide bonds. The van der Waals surface area contributed by atoms with E-state index in [-0.39, 0.29) is 11.3 Å². The molecule has 4 aliphatic rings. The molecule has 1 N–H and O–H groups in total. The van der Waals surface area contributed by atoms with Crippen LogP contribution >= 0.6 is 11.3 Å². The second kappa shape index (κ2) is 6.91. The number of hydrogen-bond acceptors (Lipinski definition) is 4. The second-order valence-corrected chi connectivity index (χ2v) is 11.9. The van der Waals surface area contributed by atoms with Crippen LogP contribution in [0, 0.1) is 40.9 Å². The summed E-state index contributed by atoms with van der Waals surface area (Å²) in [6.07, 6.45) is 13.1. The number of carbonyl (C=O) groups excluding carboxylic acids is 1. The van der Waals surface area contributed by atoms with Gasteiger partial charge in [-0.05, 0) is 99.7 Å². The van der Waals surface area contributed by atoms with E-state index in [1.807, 2.05) is 18.5 Å². The molecule has 0 spiro atoms. The van der Waals surface area contributed by atoms with Gasteiger partial charge in [-0.1, -0.05) is 6.92 Å². The van der Waals surface area contributed by atoms with E-state index in [1.165, 1.54) is 38.5 Å². The van der Waals surface area contributed by atoms with E-state index in [9.17, 15) is 9.90 Å². The minimum atomic E-state index is -0.433. The van der Waals surface area contributed by atoms with Gasteiger partial charge < -0.3 is 5.11 Å². The van der Waals surface area contributed by atoms with Crippen LogP contribution in [0.15, 0.2) is 11.6 Å². The first kappa shape index (κ1) is 19.2. The Morgan fingerprint density at radius 1 is 1.11 bits per heavy atom. The number of aromatic nitrogens is 1. The van der Waals surface area contributed by atoms with Crippen LogP contribution in [0.4, 0.5) is 0 Å². The number of thiazole rings is 1. The molecule has 0 saturated heterocycles. The smallest absolute Gasteiger partial charge is 0.143 e. The molecule has 28 heavy (non-hydrogen) atoms. The van der Waals surface area contributed by atoms with Crippen molar-refractivity contribution < 1.29 is 9.90 Å². The van der Waals surface area contributed by atoms with Crippen LogP contribution in [-0.2, 0) is 11.2 Å². The molecule has 0 aliphatic heterocycles. The summed E-state index contributed by atoms with van der Waals surface area (Å²) in [4.78, 5) is 17.5. The maximum atomic E-state index is 13.2. The van der Waals surface area contributed by atoms with Crippen LogP contribution < -0.4 is 0 Å². The highest BCUT2D eigenvalue weighted by Crippen LogP contribution is 2.64. The molecule has 8 atom stereocenters. The fourth-order valence-electron chi connectivity index (χ4n) is 8.22. The highest BCUT2D eigenvalue weighted by molar-refractivity contribution is 7.09. The Labute approximate surface area is 173 Å². The fraction of sp³-hybridized carbons (Fsp3) is 0.833. The Kier molecular flexibility index (Phi) is 4.74. The van der Waals surface area contributed by atoms with Crippen molar-refractivity contribution in [3.63, 3.8) is 0 Å². The van der Waals surface area contributed by atoms with Gasteiger partial charge in [0.15, 0.2) is 0 Å². The van der Waals surface area contributed by atoms with Crippen molar-refractivity contribution in [1.29, 1.82) is 0 Å². The molecular formula is C24H35NO2S. The zero-order valence-corrected chi connectivity index (χ0v) is 18.2. The zero-order chi connectivity index (χ0) is 19.5. The highest BCUT2D eigenvalue weighted by atomic mass is 32.1. The van der Waals surface area contributed by atoms with Crippen LogP contribution in [0.5, 0.6) is 0 Å². The molecule has 154 valence electrons. The quantitative estimate of drug-likeness (QED) is 0.750. The maximum absolute atomic E-state index is 13.2. The Hall–Kier alpha value is -0.740. The minimum Gasteiger partial charge on any atom is -0.390 e. The molecule has 4 heteroatoms. The van der Waals surface area contributed by atoms with Gasteiger partial charge in [0.1, 0.15) is 5.78 Å². The average molecular weight is 402 g/mol. The number of hydrogen-bond donors (Lipinski definition) is 1. The largest absolute Gasteiger partial charge is 0.390 e. The van der Waals surface area contributed by atoms with E-state index in [0.29, 0.717) is 12.2 Å². The van der Waals surface area contributed by atoms with E-state index in [2.05, 4.69) is 11.9 Å². The Morgan fingerprint density at radius 3 is 2.71 bits per heavy atom. The highest BCUT2D eigenvalue weighted by Gasteiger charge is 2.58. The van der Waals surface area contributed by atoms with Gasteiger partial charge in [-0.15, -0.1) is 11.3 Å². The fourth-order valence-corrected chi connectivity index (χ4v) is 8.85. The molecule has 5 rings (SSSR count). The van der Waals surface area contributed by atoms with Crippen molar-refractivity contribution in [2.45, 2.75) is 83.7 Å². The van der Waals surface area contributed by atoms with Crippen LogP contribution in [0.1, 0.15) is 76.6 Å². The first-order valence-electron chi connectivity index (χ1n) is 11.5. The third kappa shape index (κ3) is 3.10. The topological polar surface area (TPSA) is 50.2 Å². The van der Waals surface area contributed by atoms with E-state index in [0.717, 1.165) is 53.9 Å². The first-order valence-corrected chi connectivity index (χ1v) is 12.4. The normalized spacial score (nSPS) is 47.8. The molecule has 0 unspecified atom stereocenters. The number of carbonyl (C=O) groups is 1. The average Bonchev–Trinajstić information content (AvgIpc) is 3.27. The van der Waals surface area contributed by atoms with Gasteiger partial charge in [-0.25, -0.2) is 4.98 Å². The van der Waals surface area contributed by atoms with Crippen molar-refractivity contribution in [1.82, 2.24) is 4.98 Å². The van der Waals surface area contributed by atoms with Gasteiger partial charge in [0.2, 0.25) is 0 Å². The van der Waals surface area contributed by atoms with Crippen molar-refractivity contribution in [2.75, 3.05) is 0 Å². The molecule has 1 aromatic heterocycles. The Bertz CT molecular complexity index is 729. The third-order valence-electron chi connectivity index (χ3n) is 9.43. The van der Waals surface area contributed by atoms with Crippen molar-refractivity contribution in [3.8, 4) is 0 Å². The number of fused-ring (bicyclic) bond motifs is 5. The molecular weight excluding hydrogens is 366 g/mol. The molecule has 4 fully saturated rings. The Balaban J connectivity index is 1.32. The van der Waals surface area contributed by atoms with Gasteiger partial charge in [-0.2, -0.15) is 0 Å². The standard InChI is InChI=1S/C24H35NO2S/c1-23(27)9-7-16-15(14-23)3-4-18-17(16)8-10-24(2)19(18)5-6-20(24)21(26)13-22-25-11-12-28-22/h11-12,15-20,27H,3-10,13-14H2,1-2H3/t15-,16-,17+,18+,19-,20+,23+,24-/m0/s1. The summed E-state index contributed by atoms with van der Waals surface area (Å²) in [5, 5.41) is 13.5. The number of rotatable bonds is 3. The van der Waals surface area contributed by atoms with E-state index in [1.54, 1.807) is 11.3 Å². The predicted octanol–water partition coefficient (Wildman–Crippen LogP) is 5.27.